The summed E-state index contributed by atoms with van der Waals surface area (Å²) in [6, 6.07) is 7.22. The van der Waals surface area contributed by atoms with E-state index in [9.17, 15) is 0 Å². The van der Waals surface area contributed by atoms with Crippen molar-refractivity contribution in [2.75, 3.05) is 6.54 Å². The van der Waals surface area contributed by atoms with Gasteiger partial charge in [-0.3, -0.25) is 0 Å². The van der Waals surface area contributed by atoms with Gasteiger partial charge in [0.15, 0.2) is 0 Å². The first-order valence-corrected chi connectivity index (χ1v) is 6.24. The Morgan fingerprint density at radius 1 is 1.25 bits per heavy atom. The third-order valence-corrected chi connectivity index (χ3v) is 3.28. The molecule has 1 aliphatic heterocycles. The molecule has 0 aromatic heterocycles. The molecule has 1 aliphatic rings. The Bertz CT molecular complexity index is 373. The standard InChI is InChI=1S/C15H21N/c1-12-6-7-14(13(2)11-12)8-9-15-5-3-4-10-16-15/h6-9,11,15-16H,3-5,10H2,1-2H3/b9-8+. The van der Waals surface area contributed by atoms with Crippen LogP contribution in [0, 0.1) is 13.8 Å². The lowest BCUT2D eigenvalue weighted by Crippen LogP contribution is -2.31. The Hall–Kier alpha value is -1.08. The summed E-state index contributed by atoms with van der Waals surface area (Å²) in [7, 11) is 0. The third-order valence-electron chi connectivity index (χ3n) is 3.28. The first kappa shape index (κ1) is 11.4. The van der Waals surface area contributed by atoms with Crippen LogP contribution in [-0.2, 0) is 0 Å². The molecule has 1 atom stereocenters. The summed E-state index contributed by atoms with van der Waals surface area (Å²) in [5.74, 6) is 0. The fraction of sp³-hybridized carbons (Fsp3) is 0.467. The van der Waals surface area contributed by atoms with Crippen LogP contribution in [0.3, 0.4) is 0 Å². The van der Waals surface area contributed by atoms with Gasteiger partial charge < -0.3 is 5.32 Å². The largest absolute Gasteiger partial charge is 0.311 e. The maximum absolute atomic E-state index is 3.53. The van der Waals surface area contributed by atoms with Crippen LogP contribution >= 0.6 is 0 Å². The van der Waals surface area contributed by atoms with Crippen molar-refractivity contribution in [3.8, 4) is 0 Å². The van der Waals surface area contributed by atoms with Crippen LogP contribution in [0.15, 0.2) is 24.3 Å². The molecular formula is C15H21N. The minimum Gasteiger partial charge on any atom is -0.311 e. The smallest absolute Gasteiger partial charge is 0.0253 e. The van der Waals surface area contributed by atoms with Crippen LogP contribution in [0.4, 0.5) is 0 Å². The van der Waals surface area contributed by atoms with Crippen LogP contribution in [0.5, 0.6) is 0 Å². The second kappa shape index (κ2) is 5.31. The van der Waals surface area contributed by atoms with Crippen molar-refractivity contribution in [3.05, 3.63) is 41.0 Å². The molecule has 1 aromatic carbocycles. The highest BCUT2D eigenvalue weighted by Gasteiger charge is 2.08. The summed E-state index contributed by atoms with van der Waals surface area (Å²) in [6.45, 7) is 5.49. The Morgan fingerprint density at radius 3 is 2.81 bits per heavy atom. The maximum atomic E-state index is 3.53. The highest BCUT2D eigenvalue weighted by Crippen LogP contribution is 2.14. The van der Waals surface area contributed by atoms with E-state index in [1.165, 1.54) is 42.5 Å². The molecule has 0 aliphatic carbocycles. The predicted molar refractivity (Wildman–Crippen MR) is 70.6 cm³/mol. The van der Waals surface area contributed by atoms with Gasteiger partial charge in [0.2, 0.25) is 0 Å². The molecule has 0 amide bonds. The summed E-state index contributed by atoms with van der Waals surface area (Å²) in [4.78, 5) is 0. The van der Waals surface area contributed by atoms with E-state index in [1.54, 1.807) is 0 Å². The van der Waals surface area contributed by atoms with Crippen LogP contribution in [0.1, 0.15) is 36.0 Å². The van der Waals surface area contributed by atoms with Crippen molar-refractivity contribution in [1.29, 1.82) is 0 Å². The van der Waals surface area contributed by atoms with Crippen molar-refractivity contribution in [3.63, 3.8) is 0 Å². The molecule has 1 N–H and O–H groups in total. The number of hydrogen-bond donors (Lipinski definition) is 1. The number of piperidine rings is 1. The summed E-state index contributed by atoms with van der Waals surface area (Å²) >= 11 is 0. The zero-order valence-electron chi connectivity index (χ0n) is 10.3. The van der Waals surface area contributed by atoms with E-state index in [0.717, 1.165) is 0 Å². The molecule has 1 aromatic rings. The molecule has 1 heterocycles. The number of hydrogen-bond acceptors (Lipinski definition) is 1. The Labute approximate surface area is 98.6 Å². The zero-order valence-corrected chi connectivity index (χ0v) is 10.3. The summed E-state index contributed by atoms with van der Waals surface area (Å²) in [5, 5.41) is 3.53. The van der Waals surface area contributed by atoms with Gasteiger partial charge >= 0.3 is 0 Å². The summed E-state index contributed by atoms with van der Waals surface area (Å²) < 4.78 is 0. The lowest BCUT2D eigenvalue weighted by atomic mass is 10.0. The second-order valence-electron chi connectivity index (χ2n) is 4.78. The highest BCUT2D eigenvalue weighted by molar-refractivity contribution is 5.54. The van der Waals surface area contributed by atoms with Gasteiger partial charge in [-0.25, -0.2) is 0 Å². The maximum Gasteiger partial charge on any atom is 0.0253 e. The first-order valence-electron chi connectivity index (χ1n) is 6.24. The van der Waals surface area contributed by atoms with Gasteiger partial charge in [-0.1, -0.05) is 42.3 Å². The topological polar surface area (TPSA) is 12.0 Å². The van der Waals surface area contributed by atoms with Gasteiger partial charge in [-0.2, -0.15) is 0 Å². The highest BCUT2D eigenvalue weighted by atomic mass is 14.9. The lowest BCUT2D eigenvalue weighted by Gasteiger charge is -2.20. The third kappa shape index (κ3) is 2.96. The van der Waals surface area contributed by atoms with E-state index in [-0.39, 0.29) is 0 Å². The number of benzene rings is 1. The van der Waals surface area contributed by atoms with E-state index in [1.807, 2.05) is 0 Å². The van der Waals surface area contributed by atoms with E-state index in [0.29, 0.717) is 6.04 Å². The van der Waals surface area contributed by atoms with Gasteiger partial charge in [0.1, 0.15) is 0 Å². The SMILES string of the molecule is Cc1ccc(/C=C/C2CCCCN2)c(C)c1. The monoisotopic (exact) mass is 215 g/mol. The minimum absolute atomic E-state index is 0.578. The zero-order chi connectivity index (χ0) is 11.4. The Morgan fingerprint density at radius 2 is 2.12 bits per heavy atom. The van der Waals surface area contributed by atoms with Gasteiger partial charge in [-0.15, -0.1) is 0 Å². The van der Waals surface area contributed by atoms with Crippen molar-refractivity contribution >= 4 is 6.08 Å². The van der Waals surface area contributed by atoms with E-state index >= 15 is 0 Å². The van der Waals surface area contributed by atoms with Gasteiger partial charge in [0.05, 0.1) is 0 Å². The first-order chi connectivity index (χ1) is 7.75. The van der Waals surface area contributed by atoms with Crippen LogP contribution in [0.2, 0.25) is 0 Å². The van der Waals surface area contributed by atoms with E-state index < -0.39 is 0 Å². The van der Waals surface area contributed by atoms with Gasteiger partial charge in [0.25, 0.3) is 0 Å². The minimum atomic E-state index is 0.578. The average molecular weight is 215 g/mol. The molecule has 1 heteroatoms. The summed E-state index contributed by atoms with van der Waals surface area (Å²) in [5.41, 5.74) is 4.05. The molecule has 86 valence electrons. The Balaban J connectivity index is 2.04. The molecule has 0 saturated carbocycles. The normalized spacial score (nSPS) is 21.5. The molecule has 2 rings (SSSR count). The van der Waals surface area contributed by atoms with Crippen LogP contribution in [-0.4, -0.2) is 12.6 Å². The molecule has 1 saturated heterocycles. The molecule has 1 fully saturated rings. The Kier molecular flexibility index (Phi) is 3.79. The lowest BCUT2D eigenvalue weighted by molar-refractivity contribution is 0.455. The molecule has 0 radical (unpaired) electrons. The van der Waals surface area contributed by atoms with Crippen molar-refractivity contribution in [2.24, 2.45) is 0 Å². The van der Waals surface area contributed by atoms with Crippen LogP contribution in [0.25, 0.3) is 6.08 Å². The summed E-state index contributed by atoms with van der Waals surface area (Å²) in [6.07, 6.45) is 8.54. The molecule has 1 unspecified atom stereocenters. The molecule has 0 spiro atoms. The quantitative estimate of drug-likeness (QED) is 0.796. The van der Waals surface area contributed by atoms with Crippen molar-refractivity contribution in [2.45, 2.75) is 39.2 Å². The molecule has 0 bridgehead atoms. The van der Waals surface area contributed by atoms with Crippen molar-refractivity contribution < 1.29 is 0 Å². The van der Waals surface area contributed by atoms with E-state index in [2.05, 4.69) is 49.5 Å². The fourth-order valence-electron chi connectivity index (χ4n) is 2.28. The number of nitrogens with one attached hydrogen (secondary N) is 1. The predicted octanol–water partition coefficient (Wildman–Crippen LogP) is 3.46. The molecule has 16 heavy (non-hydrogen) atoms. The molecular weight excluding hydrogens is 194 g/mol. The van der Waals surface area contributed by atoms with Crippen LogP contribution < -0.4 is 5.32 Å². The fourth-order valence-corrected chi connectivity index (χ4v) is 2.28. The number of aryl methyl sites for hydroxylation is 2. The average Bonchev–Trinajstić information content (AvgIpc) is 2.29. The number of rotatable bonds is 2. The second-order valence-corrected chi connectivity index (χ2v) is 4.78. The van der Waals surface area contributed by atoms with E-state index in [4.69, 9.17) is 0 Å². The van der Waals surface area contributed by atoms with Gasteiger partial charge in [0, 0.05) is 6.04 Å². The molecule has 1 nitrogen and oxygen atoms in total. The van der Waals surface area contributed by atoms with Crippen molar-refractivity contribution in [1.82, 2.24) is 5.32 Å². The van der Waals surface area contributed by atoms with Gasteiger partial charge in [-0.05, 0) is 44.4 Å².